The molecule has 0 spiro atoms. The van der Waals surface area contributed by atoms with Crippen LogP contribution in [-0.4, -0.2) is 45.0 Å². The first-order chi connectivity index (χ1) is 14.4. The minimum absolute atomic E-state index is 0.0153. The molecule has 3 rings (SSSR count). The molecule has 0 N–H and O–H groups in total. The zero-order valence-electron chi connectivity index (χ0n) is 16.8. The molecule has 8 heteroatoms. The van der Waals surface area contributed by atoms with Crippen molar-refractivity contribution in [1.29, 1.82) is 5.26 Å². The summed E-state index contributed by atoms with van der Waals surface area (Å²) in [6.45, 7) is 2.90. The van der Waals surface area contributed by atoms with E-state index >= 15 is 0 Å². The number of benzene rings is 2. The van der Waals surface area contributed by atoms with Crippen molar-refractivity contribution in [2.45, 2.75) is 31.1 Å². The minimum atomic E-state index is -3.62. The number of sulfonamides is 1. The molecule has 0 atom stereocenters. The second-order valence-corrected chi connectivity index (χ2v) is 9.00. The van der Waals surface area contributed by atoms with E-state index in [4.69, 9.17) is 14.7 Å². The average molecular weight is 429 g/mol. The molecule has 0 aromatic heterocycles. The first-order valence-electron chi connectivity index (χ1n) is 9.83. The number of rotatable bonds is 7. The van der Waals surface area contributed by atoms with Crippen molar-refractivity contribution in [3.63, 3.8) is 0 Å². The van der Waals surface area contributed by atoms with E-state index in [9.17, 15) is 13.2 Å². The lowest BCUT2D eigenvalue weighted by atomic mass is 10.1. The van der Waals surface area contributed by atoms with E-state index in [0.29, 0.717) is 30.0 Å². The van der Waals surface area contributed by atoms with Crippen molar-refractivity contribution in [3.8, 4) is 11.8 Å². The van der Waals surface area contributed by atoms with Crippen LogP contribution in [0.5, 0.6) is 5.75 Å². The third kappa shape index (κ3) is 5.17. The van der Waals surface area contributed by atoms with Gasteiger partial charge in [0.2, 0.25) is 10.0 Å². The number of aryl methyl sites for hydroxylation is 1. The Labute approximate surface area is 176 Å². The minimum Gasteiger partial charge on any atom is -0.490 e. The summed E-state index contributed by atoms with van der Waals surface area (Å²) < 4.78 is 38.0. The number of hydrogen-bond donors (Lipinski definition) is 0. The maximum absolute atomic E-state index is 12.9. The fourth-order valence-electron chi connectivity index (χ4n) is 3.23. The Morgan fingerprint density at radius 2 is 1.77 bits per heavy atom. The van der Waals surface area contributed by atoms with E-state index in [1.165, 1.54) is 16.4 Å². The van der Waals surface area contributed by atoms with E-state index in [1.807, 2.05) is 6.07 Å². The predicted octanol–water partition coefficient (Wildman–Crippen LogP) is 3.28. The van der Waals surface area contributed by atoms with Crippen LogP contribution in [0, 0.1) is 18.3 Å². The van der Waals surface area contributed by atoms with Crippen LogP contribution < -0.4 is 4.74 Å². The second kappa shape index (κ2) is 9.74. The van der Waals surface area contributed by atoms with Gasteiger partial charge in [0.25, 0.3) is 0 Å². The summed E-state index contributed by atoms with van der Waals surface area (Å²) in [6.07, 6.45) is 2.72. The summed E-state index contributed by atoms with van der Waals surface area (Å²) in [7, 11) is -3.62. The van der Waals surface area contributed by atoms with Gasteiger partial charge in [-0.15, -0.1) is 0 Å². The summed E-state index contributed by atoms with van der Waals surface area (Å²) in [5.74, 6) is -0.0255. The van der Waals surface area contributed by atoms with Crippen LogP contribution in [0.2, 0.25) is 0 Å². The Balaban J connectivity index is 1.61. The lowest BCUT2D eigenvalue weighted by Gasteiger charge is -2.26. The molecule has 1 aliphatic rings. The molecule has 1 saturated heterocycles. The first-order valence-corrected chi connectivity index (χ1v) is 11.3. The molecule has 30 heavy (non-hydrogen) atoms. The lowest BCUT2D eigenvalue weighted by molar-refractivity contribution is 0.0449. The van der Waals surface area contributed by atoms with Crippen LogP contribution >= 0.6 is 0 Å². The molecule has 0 radical (unpaired) electrons. The van der Waals surface area contributed by atoms with E-state index in [2.05, 4.69) is 0 Å². The van der Waals surface area contributed by atoms with E-state index in [1.54, 1.807) is 37.3 Å². The van der Waals surface area contributed by atoms with Gasteiger partial charge in [-0.2, -0.15) is 9.57 Å². The van der Waals surface area contributed by atoms with Crippen molar-refractivity contribution in [3.05, 3.63) is 59.2 Å². The molecule has 0 unspecified atom stereocenters. The van der Waals surface area contributed by atoms with Gasteiger partial charge in [-0.05, 0) is 61.7 Å². The average Bonchev–Trinajstić information content (AvgIpc) is 2.77. The Morgan fingerprint density at radius 1 is 1.07 bits per heavy atom. The zero-order chi connectivity index (χ0) is 21.6. The molecule has 1 fully saturated rings. The highest BCUT2D eigenvalue weighted by Crippen LogP contribution is 2.23. The SMILES string of the molecule is Cc1ccc(S(=O)(=O)N2CCCCC2)cc1C(=O)OCCOc1ccc(C#N)cc1. The predicted molar refractivity (Wildman–Crippen MR) is 111 cm³/mol. The third-order valence-electron chi connectivity index (χ3n) is 4.95. The number of nitrogens with zero attached hydrogens (tertiary/aromatic N) is 2. The Kier molecular flexibility index (Phi) is 7.08. The molecular weight excluding hydrogens is 404 g/mol. The van der Waals surface area contributed by atoms with Crippen molar-refractivity contribution in [2.24, 2.45) is 0 Å². The molecule has 7 nitrogen and oxygen atoms in total. The second-order valence-electron chi connectivity index (χ2n) is 7.06. The zero-order valence-corrected chi connectivity index (χ0v) is 17.7. The van der Waals surface area contributed by atoms with Crippen LogP contribution in [0.1, 0.15) is 40.7 Å². The van der Waals surface area contributed by atoms with Crippen molar-refractivity contribution in [2.75, 3.05) is 26.3 Å². The van der Waals surface area contributed by atoms with Gasteiger partial charge in [0.1, 0.15) is 19.0 Å². The normalized spacial score (nSPS) is 14.7. The number of carbonyl (C=O) groups excluding carboxylic acids is 1. The maximum atomic E-state index is 12.9. The molecular formula is C22H24N2O5S. The fourth-order valence-corrected chi connectivity index (χ4v) is 4.78. The molecule has 1 aliphatic heterocycles. The lowest BCUT2D eigenvalue weighted by Crippen LogP contribution is -2.35. The summed E-state index contributed by atoms with van der Waals surface area (Å²) >= 11 is 0. The molecule has 0 bridgehead atoms. The van der Waals surface area contributed by atoms with E-state index in [0.717, 1.165) is 19.3 Å². The highest BCUT2D eigenvalue weighted by atomic mass is 32.2. The Hall–Kier alpha value is -2.89. The molecule has 158 valence electrons. The Morgan fingerprint density at radius 3 is 2.43 bits per heavy atom. The number of piperidine rings is 1. The summed E-state index contributed by atoms with van der Waals surface area (Å²) in [5.41, 5.74) is 1.40. The standard InChI is InChI=1S/C22H24N2O5S/c1-17-5-10-20(30(26,27)24-11-3-2-4-12-24)15-21(17)22(25)29-14-13-28-19-8-6-18(16-23)7-9-19/h5-10,15H,2-4,11-14H2,1H3. The van der Waals surface area contributed by atoms with Gasteiger partial charge >= 0.3 is 5.97 Å². The number of nitriles is 1. The molecule has 0 saturated carbocycles. The molecule has 2 aromatic carbocycles. The van der Waals surface area contributed by atoms with Crippen LogP contribution in [0.3, 0.4) is 0 Å². The van der Waals surface area contributed by atoms with E-state index < -0.39 is 16.0 Å². The highest BCUT2D eigenvalue weighted by molar-refractivity contribution is 7.89. The summed E-state index contributed by atoms with van der Waals surface area (Å²) in [4.78, 5) is 12.6. The largest absolute Gasteiger partial charge is 0.490 e. The number of esters is 1. The molecule has 0 aliphatic carbocycles. The number of ether oxygens (including phenoxy) is 2. The molecule has 2 aromatic rings. The fraction of sp³-hybridized carbons (Fsp3) is 0.364. The van der Waals surface area contributed by atoms with Crippen molar-refractivity contribution in [1.82, 2.24) is 4.31 Å². The van der Waals surface area contributed by atoms with Crippen molar-refractivity contribution < 1.29 is 22.7 Å². The smallest absolute Gasteiger partial charge is 0.338 e. The van der Waals surface area contributed by atoms with Gasteiger partial charge in [-0.3, -0.25) is 0 Å². The molecule has 0 amide bonds. The topological polar surface area (TPSA) is 96.7 Å². The van der Waals surface area contributed by atoms with Gasteiger partial charge < -0.3 is 9.47 Å². The molecule has 1 heterocycles. The van der Waals surface area contributed by atoms with Gasteiger partial charge in [0.15, 0.2) is 0 Å². The third-order valence-corrected chi connectivity index (χ3v) is 6.85. The van der Waals surface area contributed by atoms with E-state index in [-0.39, 0.29) is 23.7 Å². The summed E-state index contributed by atoms with van der Waals surface area (Å²) in [6, 6.07) is 13.2. The van der Waals surface area contributed by atoms with Gasteiger partial charge in [-0.25, -0.2) is 13.2 Å². The van der Waals surface area contributed by atoms with Crippen LogP contribution in [-0.2, 0) is 14.8 Å². The summed E-state index contributed by atoms with van der Waals surface area (Å²) in [5, 5.41) is 8.79. The van der Waals surface area contributed by atoms with Crippen molar-refractivity contribution >= 4 is 16.0 Å². The monoisotopic (exact) mass is 428 g/mol. The quantitative estimate of drug-likeness (QED) is 0.496. The Bertz CT molecular complexity index is 1040. The first kappa shape index (κ1) is 21.8. The van der Waals surface area contributed by atoms with Crippen LogP contribution in [0.15, 0.2) is 47.4 Å². The van der Waals surface area contributed by atoms with Crippen LogP contribution in [0.25, 0.3) is 0 Å². The number of carbonyl (C=O) groups is 1. The highest BCUT2D eigenvalue weighted by Gasteiger charge is 2.27. The maximum Gasteiger partial charge on any atom is 0.338 e. The van der Waals surface area contributed by atoms with Gasteiger partial charge in [0, 0.05) is 13.1 Å². The van der Waals surface area contributed by atoms with Gasteiger partial charge in [-0.1, -0.05) is 12.5 Å². The van der Waals surface area contributed by atoms with Gasteiger partial charge in [0.05, 0.1) is 22.1 Å². The number of hydrogen-bond acceptors (Lipinski definition) is 6. The van der Waals surface area contributed by atoms with Crippen LogP contribution in [0.4, 0.5) is 0 Å².